The molecular weight excluding hydrogens is 256 g/mol. The number of aromatic nitrogens is 2. The molecule has 1 aromatic heterocycles. The standard InChI is InChI=1S/C15H20N2O3/c1-10(2)17-13(12(20-3)9-16-17)15(19)14(18)11-7-5-4-6-8-11/h4-10,14-15,18-19H,1-3H3. The van der Waals surface area contributed by atoms with Crippen molar-refractivity contribution in [3.8, 4) is 5.75 Å². The minimum Gasteiger partial charge on any atom is -0.493 e. The molecule has 5 heteroatoms. The third-order valence-electron chi connectivity index (χ3n) is 3.23. The largest absolute Gasteiger partial charge is 0.493 e. The Morgan fingerprint density at radius 3 is 2.30 bits per heavy atom. The van der Waals surface area contributed by atoms with E-state index in [9.17, 15) is 10.2 Å². The molecule has 0 aliphatic heterocycles. The van der Waals surface area contributed by atoms with Crippen molar-refractivity contribution in [2.45, 2.75) is 32.1 Å². The smallest absolute Gasteiger partial charge is 0.162 e. The van der Waals surface area contributed by atoms with E-state index in [2.05, 4.69) is 5.10 Å². The van der Waals surface area contributed by atoms with Gasteiger partial charge in [0.05, 0.1) is 13.3 Å². The molecule has 0 radical (unpaired) electrons. The van der Waals surface area contributed by atoms with Crippen LogP contribution < -0.4 is 4.74 Å². The van der Waals surface area contributed by atoms with E-state index in [1.165, 1.54) is 7.11 Å². The van der Waals surface area contributed by atoms with Crippen LogP contribution in [-0.4, -0.2) is 27.1 Å². The zero-order valence-corrected chi connectivity index (χ0v) is 11.9. The van der Waals surface area contributed by atoms with E-state index in [4.69, 9.17) is 4.74 Å². The summed E-state index contributed by atoms with van der Waals surface area (Å²) in [5.74, 6) is 0.473. The van der Waals surface area contributed by atoms with Gasteiger partial charge in [0.25, 0.3) is 0 Å². The molecule has 0 saturated carbocycles. The Kier molecular flexibility index (Phi) is 4.42. The molecule has 0 spiro atoms. The Morgan fingerprint density at radius 1 is 1.10 bits per heavy atom. The van der Waals surface area contributed by atoms with Gasteiger partial charge in [-0.25, -0.2) is 0 Å². The molecule has 0 aliphatic carbocycles. The van der Waals surface area contributed by atoms with Gasteiger partial charge in [-0.1, -0.05) is 30.3 Å². The van der Waals surface area contributed by atoms with Gasteiger partial charge in [-0.2, -0.15) is 5.10 Å². The first-order valence-electron chi connectivity index (χ1n) is 6.58. The number of methoxy groups -OCH3 is 1. The van der Waals surface area contributed by atoms with E-state index >= 15 is 0 Å². The average molecular weight is 276 g/mol. The zero-order chi connectivity index (χ0) is 14.7. The first-order chi connectivity index (χ1) is 9.56. The SMILES string of the molecule is COc1cnn(C(C)C)c1C(O)C(O)c1ccccc1. The maximum atomic E-state index is 10.5. The number of benzene rings is 1. The lowest BCUT2D eigenvalue weighted by Gasteiger charge is -2.21. The normalized spacial score (nSPS) is 14.3. The molecule has 2 N–H and O–H groups in total. The molecule has 2 unspecified atom stereocenters. The van der Waals surface area contributed by atoms with E-state index in [0.717, 1.165) is 0 Å². The summed E-state index contributed by atoms with van der Waals surface area (Å²) >= 11 is 0. The van der Waals surface area contributed by atoms with Gasteiger partial charge in [-0.3, -0.25) is 4.68 Å². The van der Waals surface area contributed by atoms with Gasteiger partial charge < -0.3 is 14.9 Å². The molecule has 0 saturated heterocycles. The Bertz CT molecular complexity index is 552. The molecule has 5 nitrogen and oxygen atoms in total. The Hall–Kier alpha value is -1.85. The van der Waals surface area contributed by atoms with E-state index in [-0.39, 0.29) is 6.04 Å². The lowest BCUT2D eigenvalue weighted by Crippen LogP contribution is -2.17. The molecule has 0 bridgehead atoms. The van der Waals surface area contributed by atoms with Gasteiger partial charge in [-0.05, 0) is 19.4 Å². The second-order valence-electron chi connectivity index (χ2n) is 4.94. The van der Waals surface area contributed by atoms with Crippen LogP contribution in [0.3, 0.4) is 0 Å². The van der Waals surface area contributed by atoms with Crippen LogP contribution in [-0.2, 0) is 0 Å². The number of aliphatic hydroxyl groups excluding tert-OH is 2. The summed E-state index contributed by atoms with van der Waals surface area (Å²) in [6.45, 7) is 3.91. The molecule has 0 aliphatic rings. The number of hydrogen-bond acceptors (Lipinski definition) is 4. The van der Waals surface area contributed by atoms with Crippen molar-refractivity contribution in [1.29, 1.82) is 0 Å². The van der Waals surface area contributed by atoms with Gasteiger partial charge >= 0.3 is 0 Å². The highest BCUT2D eigenvalue weighted by atomic mass is 16.5. The Balaban J connectivity index is 2.37. The lowest BCUT2D eigenvalue weighted by atomic mass is 10.0. The quantitative estimate of drug-likeness (QED) is 0.879. The Morgan fingerprint density at radius 2 is 1.75 bits per heavy atom. The highest BCUT2D eigenvalue weighted by Gasteiger charge is 2.28. The van der Waals surface area contributed by atoms with Gasteiger partial charge in [0.2, 0.25) is 0 Å². The van der Waals surface area contributed by atoms with Crippen LogP contribution in [0.25, 0.3) is 0 Å². The van der Waals surface area contributed by atoms with Gasteiger partial charge in [-0.15, -0.1) is 0 Å². The van der Waals surface area contributed by atoms with Crippen molar-refractivity contribution in [3.05, 3.63) is 47.8 Å². The van der Waals surface area contributed by atoms with Crippen LogP contribution in [0.2, 0.25) is 0 Å². The van der Waals surface area contributed by atoms with Crippen LogP contribution >= 0.6 is 0 Å². The molecule has 108 valence electrons. The number of rotatable bonds is 5. The molecular formula is C15H20N2O3. The first kappa shape index (κ1) is 14.6. The molecule has 0 amide bonds. The zero-order valence-electron chi connectivity index (χ0n) is 11.9. The van der Waals surface area contributed by atoms with Gasteiger partial charge in [0.1, 0.15) is 17.9 Å². The fourth-order valence-corrected chi connectivity index (χ4v) is 2.19. The molecule has 20 heavy (non-hydrogen) atoms. The minimum atomic E-state index is -1.10. The third-order valence-corrected chi connectivity index (χ3v) is 3.23. The second-order valence-corrected chi connectivity index (χ2v) is 4.94. The predicted octanol–water partition coefficient (Wildman–Crippen LogP) is 2.24. The molecule has 2 aromatic rings. The van der Waals surface area contributed by atoms with E-state index in [1.807, 2.05) is 32.0 Å². The molecule has 0 fully saturated rings. The average Bonchev–Trinajstić information content (AvgIpc) is 2.90. The molecule has 2 atom stereocenters. The summed E-state index contributed by atoms with van der Waals surface area (Å²) in [4.78, 5) is 0. The van der Waals surface area contributed by atoms with E-state index in [1.54, 1.807) is 23.0 Å². The van der Waals surface area contributed by atoms with Crippen LogP contribution in [0.1, 0.15) is 43.4 Å². The van der Waals surface area contributed by atoms with Crippen molar-refractivity contribution >= 4 is 0 Å². The van der Waals surface area contributed by atoms with Crippen molar-refractivity contribution in [2.24, 2.45) is 0 Å². The maximum Gasteiger partial charge on any atom is 0.162 e. The summed E-state index contributed by atoms with van der Waals surface area (Å²) in [5, 5.41) is 25.0. The van der Waals surface area contributed by atoms with E-state index in [0.29, 0.717) is 17.0 Å². The van der Waals surface area contributed by atoms with Crippen molar-refractivity contribution < 1.29 is 14.9 Å². The molecule has 2 rings (SSSR count). The number of hydrogen-bond donors (Lipinski definition) is 2. The Labute approximate surface area is 118 Å². The summed E-state index contributed by atoms with van der Waals surface area (Å²) in [6, 6.07) is 9.12. The number of aliphatic hydroxyl groups is 2. The monoisotopic (exact) mass is 276 g/mol. The fourth-order valence-electron chi connectivity index (χ4n) is 2.19. The third kappa shape index (κ3) is 2.69. The first-order valence-corrected chi connectivity index (χ1v) is 6.58. The highest BCUT2D eigenvalue weighted by Crippen LogP contribution is 2.35. The fraction of sp³-hybridized carbons (Fsp3) is 0.400. The minimum absolute atomic E-state index is 0.0616. The summed E-state index contributed by atoms with van der Waals surface area (Å²) in [5.41, 5.74) is 1.14. The van der Waals surface area contributed by atoms with E-state index < -0.39 is 12.2 Å². The summed E-state index contributed by atoms with van der Waals surface area (Å²) in [7, 11) is 1.52. The summed E-state index contributed by atoms with van der Waals surface area (Å²) in [6.07, 6.45) is -0.576. The van der Waals surface area contributed by atoms with Gasteiger partial charge in [0.15, 0.2) is 5.75 Å². The number of ether oxygens (including phenoxy) is 1. The lowest BCUT2D eigenvalue weighted by molar-refractivity contribution is 0.00972. The highest BCUT2D eigenvalue weighted by molar-refractivity contribution is 5.31. The van der Waals surface area contributed by atoms with Crippen molar-refractivity contribution in [3.63, 3.8) is 0 Å². The van der Waals surface area contributed by atoms with Crippen LogP contribution in [0, 0.1) is 0 Å². The van der Waals surface area contributed by atoms with Crippen LogP contribution in [0.15, 0.2) is 36.5 Å². The van der Waals surface area contributed by atoms with Crippen molar-refractivity contribution in [1.82, 2.24) is 9.78 Å². The van der Waals surface area contributed by atoms with Crippen molar-refractivity contribution in [2.75, 3.05) is 7.11 Å². The van der Waals surface area contributed by atoms with Crippen LogP contribution in [0.4, 0.5) is 0 Å². The topological polar surface area (TPSA) is 67.5 Å². The number of nitrogens with zero attached hydrogens (tertiary/aromatic N) is 2. The molecule has 1 heterocycles. The molecule has 1 aromatic carbocycles. The van der Waals surface area contributed by atoms with Gasteiger partial charge in [0, 0.05) is 6.04 Å². The predicted molar refractivity (Wildman–Crippen MR) is 75.5 cm³/mol. The van der Waals surface area contributed by atoms with Crippen LogP contribution in [0.5, 0.6) is 5.75 Å². The summed E-state index contributed by atoms with van der Waals surface area (Å²) < 4.78 is 6.89. The maximum absolute atomic E-state index is 10.5. The second kappa shape index (κ2) is 6.07.